The zero-order valence-electron chi connectivity index (χ0n) is 16.6. The molecule has 0 aliphatic heterocycles. The molecule has 1 unspecified atom stereocenters. The third-order valence-corrected chi connectivity index (χ3v) is 4.65. The summed E-state index contributed by atoms with van der Waals surface area (Å²) < 4.78 is 5.44. The molecule has 3 aromatic rings. The van der Waals surface area contributed by atoms with E-state index >= 15 is 0 Å². The highest BCUT2D eigenvalue weighted by Gasteiger charge is 2.18. The van der Waals surface area contributed by atoms with Crippen LogP contribution in [0.3, 0.4) is 0 Å². The molecule has 3 nitrogen and oxygen atoms in total. The Morgan fingerprint density at radius 1 is 0.778 bits per heavy atom. The first kappa shape index (κ1) is 19.0. The molecule has 0 saturated carbocycles. The van der Waals surface area contributed by atoms with Gasteiger partial charge in [-0.1, -0.05) is 48.5 Å². The summed E-state index contributed by atoms with van der Waals surface area (Å²) in [6.07, 6.45) is 0. The minimum absolute atomic E-state index is 0.315. The number of hydrogen-bond acceptors (Lipinski definition) is 3. The zero-order chi connectivity index (χ0) is 19.2. The standard InChI is InChI=1S/C24H28N2O/c1-19(18-25(2)3)26(23-11-8-12-24(17-23)27-4)22-15-13-21(14-16-22)20-9-6-5-7-10-20/h5-17,19H,18H2,1-4H3. The second-order valence-corrected chi connectivity index (χ2v) is 7.10. The Kier molecular flexibility index (Phi) is 6.15. The summed E-state index contributed by atoms with van der Waals surface area (Å²) in [7, 11) is 5.93. The maximum absolute atomic E-state index is 5.44. The van der Waals surface area contributed by atoms with Gasteiger partial charge in [-0.2, -0.15) is 0 Å². The van der Waals surface area contributed by atoms with Crippen LogP contribution in [-0.4, -0.2) is 38.7 Å². The Hall–Kier alpha value is -2.78. The van der Waals surface area contributed by atoms with Crippen LogP contribution in [0.5, 0.6) is 5.75 Å². The van der Waals surface area contributed by atoms with Gasteiger partial charge in [0.05, 0.1) is 7.11 Å². The molecule has 1 atom stereocenters. The minimum atomic E-state index is 0.315. The number of ether oxygens (including phenoxy) is 1. The van der Waals surface area contributed by atoms with Crippen molar-refractivity contribution in [2.24, 2.45) is 0 Å². The summed E-state index contributed by atoms with van der Waals surface area (Å²) in [5, 5.41) is 0. The number of benzene rings is 3. The van der Waals surface area contributed by atoms with Gasteiger partial charge in [0.1, 0.15) is 5.75 Å². The Labute approximate surface area is 162 Å². The molecule has 0 aliphatic rings. The monoisotopic (exact) mass is 360 g/mol. The Bertz CT molecular complexity index is 844. The summed E-state index contributed by atoms with van der Waals surface area (Å²) in [6, 6.07) is 27.8. The second-order valence-electron chi connectivity index (χ2n) is 7.10. The lowest BCUT2D eigenvalue weighted by molar-refractivity contribution is 0.380. The Morgan fingerprint density at radius 3 is 2.07 bits per heavy atom. The van der Waals surface area contributed by atoms with Crippen molar-refractivity contribution in [2.75, 3.05) is 32.6 Å². The van der Waals surface area contributed by atoms with Crippen LogP contribution < -0.4 is 9.64 Å². The van der Waals surface area contributed by atoms with Gasteiger partial charge in [-0.25, -0.2) is 0 Å². The molecule has 140 valence electrons. The summed E-state index contributed by atoms with van der Waals surface area (Å²) in [5.74, 6) is 0.871. The molecule has 0 spiro atoms. The van der Waals surface area contributed by atoms with Crippen molar-refractivity contribution in [2.45, 2.75) is 13.0 Å². The molecular weight excluding hydrogens is 332 g/mol. The van der Waals surface area contributed by atoms with Crippen molar-refractivity contribution in [3.63, 3.8) is 0 Å². The fourth-order valence-corrected chi connectivity index (χ4v) is 3.47. The number of rotatable bonds is 7. The molecule has 0 saturated heterocycles. The van der Waals surface area contributed by atoms with Crippen molar-refractivity contribution in [1.82, 2.24) is 4.90 Å². The molecular formula is C24H28N2O. The zero-order valence-corrected chi connectivity index (χ0v) is 16.6. The van der Waals surface area contributed by atoms with Crippen molar-refractivity contribution in [1.29, 1.82) is 0 Å². The summed E-state index contributed by atoms with van der Waals surface area (Å²) >= 11 is 0. The highest BCUT2D eigenvalue weighted by molar-refractivity contribution is 5.70. The van der Waals surface area contributed by atoms with E-state index in [0.29, 0.717) is 6.04 Å². The van der Waals surface area contributed by atoms with Gasteiger partial charge in [0.15, 0.2) is 0 Å². The van der Waals surface area contributed by atoms with Crippen LogP contribution in [0.15, 0.2) is 78.9 Å². The van der Waals surface area contributed by atoms with Crippen LogP contribution in [0.4, 0.5) is 11.4 Å². The van der Waals surface area contributed by atoms with E-state index in [1.54, 1.807) is 7.11 Å². The normalized spacial score (nSPS) is 12.0. The predicted octanol–water partition coefficient (Wildman–Crippen LogP) is 5.45. The van der Waals surface area contributed by atoms with Crippen molar-refractivity contribution < 1.29 is 4.74 Å². The van der Waals surface area contributed by atoms with Gasteiger partial charge in [-0.15, -0.1) is 0 Å². The smallest absolute Gasteiger partial charge is 0.120 e. The van der Waals surface area contributed by atoms with Gasteiger partial charge in [-0.3, -0.25) is 0 Å². The molecule has 0 amide bonds. The molecule has 27 heavy (non-hydrogen) atoms. The summed E-state index contributed by atoms with van der Waals surface area (Å²) in [4.78, 5) is 4.59. The van der Waals surface area contributed by atoms with E-state index < -0.39 is 0 Å². The van der Waals surface area contributed by atoms with E-state index in [9.17, 15) is 0 Å². The first-order chi connectivity index (χ1) is 13.1. The van der Waals surface area contributed by atoms with Crippen molar-refractivity contribution in [3.05, 3.63) is 78.9 Å². The molecule has 0 radical (unpaired) electrons. The van der Waals surface area contributed by atoms with Crippen LogP contribution >= 0.6 is 0 Å². The molecule has 0 heterocycles. The fourth-order valence-electron chi connectivity index (χ4n) is 3.47. The van der Waals surface area contributed by atoms with Gasteiger partial charge in [0.2, 0.25) is 0 Å². The lowest BCUT2D eigenvalue weighted by atomic mass is 10.0. The van der Waals surface area contributed by atoms with Crippen molar-refractivity contribution >= 4 is 11.4 Å². The van der Waals surface area contributed by atoms with Crippen LogP contribution in [-0.2, 0) is 0 Å². The number of anilines is 2. The SMILES string of the molecule is COc1cccc(N(c2ccc(-c3ccccc3)cc2)C(C)CN(C)C)c1. The topological polar surface area (TPSA) is 15.7 Å². The van der Waals surface area contributed by atoms with Gasteiger partial charge in [0, 0.05) is 30.0 Å². The summed E-state index contributed by atoms with van der Waals surface area (Å²) in [6.45, 7) is 3.21. The highest BCUT2D eigenvalue weighted by atomic mass is 16.5. The van der Waals surface area contributed by atoms with E-state index in [2.05, 4.69) is 91.5 Å². The Morgan fingerprint density at radius 2 is 1.44 bits per heavy atom. The van der Waals surface area contributed by atoms with Gasteiger partial charge in [-0.05, 0) is 56.4 Å². The van der Waals surface area contributed by atoms with Crippen LogP contribution in [0, 0.1) is 0 Å². The second kappa shape index (κ2) is 8.74. The Balaban J connectivity index is 1.97. The molecule has 3 rings (SSSR count). The lowest BCUT2D eigenvalue weighted by Gasteiger charge is -2.33. The van der Waals surface area contributed by atoms with E-state index in [1.165, 1.54) is 16.8 Å². The van der Waals surface area contributed by atoms with E-state index in [1.807, 2.05) is 18.2 Å². The van der Waals surface area contributed by atoms with Crippen LogP contribution in [0.25, 0.3) is 11.1 Å². The maximum Gasteiger partial charge on any atom is 0.120 e. The quantitative estimate of drug-likeness (QED) is 0.557. The molecule has 0 fully saturated rings. The molecule has 0 aromatic heterocycles. The molecule has 0 N–H and O–H groups in total. The van der Waals surface area contributed by atoms with Crippen molar-refractivity contribution in [3.8, 4) is 16.9 Å². The number of methoxy groups -OCH3 is 1. The number of hydrogen-bond donors (Lipinski definition) is 0. The van der Waals surface area contributed by atoms with Gasteiger partial charge >= 0.3 is 0 Å². The van der Waals surface area contributed by atoms with E-state index in [4.69, 9.17) is 4.74 Å². The van der Waals surface area contributed by atoms with Gasteiger partial charge < -0.3 is 14.5 Å². The van der Waals surface area contributed by atoms with E-state index in [-0.39, 0.29) is 0 Å². The third kappa shape index (κ3) is 4.69. The third-order valence-electron chi connectivity index (χ3n) is 4.65. The van der Waals surface area contributed by atoms with Crippen LogP contribution in [0.1, 0.15) is 6.92 Å². The largest absolute Gasteiger partial charge is 0.497 e. The predicted molar refractivity (Wildman–Crippen MR) is 115 cm³/mol. The molecule has 0 aliphatic carbocycles. The average molecular weight is 361 g/mol. The maximum atomic E-state index is 5.44. The minimum Gasteiger partial charge on any atom is -0.497 e. The number of nitrogens with zero attached hydrogens (tertiary/aromatic N) is 2. The van der Waals surface area contributed by atoms with E-state index in [0.717, 1.165) is 18.0 Å². The fraction of sp³-hybridized carbons (Fsp3) is 0.250. The molecule has 3 aromatic carbocycles. The lowest BCUT2D eigenvalue weighted by Crippen LogP contribution is -2.37. The molecule has 3 heteroatoms. The first-order valence-electron chi connectivity index (χ1n) is 9.32. The van der Waals surface area contributed by atoms with Gasteiger partial charge in [0.25, 0.3) is 0 Å². The summed E-state index contributed by atoms with van der Waals surface area (Å²) in [5.41, 5.74) is 4.77. The number of likely N-dealkylation sites (N-methyl/N-ethyl adjacent to an activating group) is 1. The first-order valence-corrected chi connectivity index (χ1v) is 9.32. The highest BCUT2D eigenvalue weighted by Crippen LogP contribution is 2.32. The average Bonchev–Trinajstić information content (AvgIpc) is 2.69. The van der Waals surface area contributed by atoms with Crippen LogP contribution in [0.2, 0.25) is 0 Å². The molecule has 0 bridgehead atoms.